The van der Waals surface area contributed by atoms with E-state index in [1.165, 1.54) is 0 Å². The second-order valence-electron chi connectivity index (χ2n) is 6.96. The highest BCUT2D eigenvalue weighted by molar-refractivity contribution is 6.03. The number of rotatable bonds is 5. The molecule has 0 spiro atoms. The van der Waals surface area contributed by atoms with E-state index in [0.717, 1.165) is 17.5 Å². The molecule has 2 aromatic rings. The SMILES string of the molecule is Cc1ccc(C(=O)C2CCCN2C(=O)CNC(=O)c2ccccc2)cc1C. The van der Waals surface area contributed by atoms with E-state index >= 15 is 0 Å². The number of Topliss-reactive ketones (excluding diaryl/α,β-unsaturated/α-hetero) is 1. The van der Waals surface area contributed by atoms with Crippen molar-refractivity contribution in [2.45, 2.75) is 32.7 Å². The van der Waals surface area contributed by atoms with Gasteiger partial charge >= 0.3 is 0 Å². The molecule has 1 unspecified atom stereocenters. The zero-order chi connectivity index (χ0) is 19.4. The fourth-order valence-corrected chi connectivity index (χ4v) is 3.37. The summed E-state index contributed by atoms with van der Waals surface area (Å²) in [6.07, 6.45) is 1.45. The standard InChI is InChI=1S/C22H24N2O3/c1-15-10-11-18(13-16(15)2)21(26)19-9-6-12-24(19)20(25)14-23-22(27)17-7-4-3-5-8-17/h3-5,7-8,10-11,13,19H,6,9,12,14H2,1-2H3,(H,23,27). The lowest BCUT2D eigenvalue weighted by Gasteiger charge is -2.24. The summed E-state index contributed by atoms with van der Waals surface area (Å²) in [5, 5.41) is 2.65. The van der Waals surface area contributed by atoms with Crippen LogP contribution in [0.4, 0.5) is 0 Å². The number of amides is 2. The number of likely N-dealkylation sites (tertiary alicyclic amines) is 1. The molecule has 0 bridgehead atoms. The van der Waals surface area contributed by atoms with Crippen LogP contribution in [0.2, 0.25) is 0 Å². The van der Waals surface area contributed by atoms with E-state index in [-0.39, 0.29) is 24.1 Å². The number of benzene rings is 2. The third-order valence-corrected chi connectivity index (χ3v) is 5.10. The van der Waals surface area contributed by atoms with Gasteiger partial charge in [0.15, 0.2) is 5.78 Å². The lowest BCUT2D eigenvalue weighted by molar-refractivity contribution is -0.130. The molecule has 1 N–H and O–H groups in total. The van der Waals surface area contributed by atoms with E-state index in [4.69, 9.17) is 0 Å². The summed E-state index contributed by atoms with van der Waals surface area (Å²) in [5.41, 5.74) is 3.34. The molecule has 1 aliphatic heterocycles. The molecule has 0 aliphatic carbocycles. The number of hydrogen-bond acceptors (Lipinski definition) is 3. The molecule has 1 atom stereocenters. The molecule has 2 aromatic carbocycles. The molecular formula is C22H24N2O3. The smallest absolute Gasteiger partial charge is 0.251 e. The van der Waals surface area contributed by atoms with Crippen molar-refractivity contribution < 1.29 is 14.4 Å². The normalized spacial score (nSPS) is 16.2. The number of nitrogens with one attached hydrogen (secondary N) is 1. The van der Waals surface area contributed by atoms with E-state index in [1.807, 2.05) is 38.1 Å². The molecule has 5 heteroatoms. The van der Waals surface area contributed by atoms with Crippen molar-refractivity contribution >= 4 is 17.6 Å². The molecule has 3 rings (SSSR count). The average molecular weight is 364 g/mol. The van der Waals surface area contributed by atoms with Gasteiger partial charge in [-0.25, -0.2) is 0 Å². The van der Waals surface area contributed by atoms with Crippen LogP contribution in [0.1, 0.15) is 44.7 Å². The third-order valence-electron chi connectivity index (χ3n) is 5.10. The number of ketones is 1. The lowest BCUT2D eigenvalue weighted by Crippen LogP contribution is -2.45. The highest BCUT2D eigenvalue weighted by Gasteiger charge is 2.34. The van der Waals surface area contributed by atoms with Gasteiger partial charge in [0.05, 0.1) is 12.6 Å². The minimum Gasteiger partial charge on any atom is -0.343 e. The maximum Gasteiger partial charge on any atom is 0.251 e. The third kappa shape index (κ3) is 4.25. The zero-order valence-electron chi connectivity index (χ0n) is 15.7. The molecule has 0 saturated carbocycles. The van der Waals surface area contributed by atoms with Crippen LogP contribution in [0.5, 0.6) is 0 Å². The summed E-state index contributed by atoms with van der Waals surface area (Å²) in [6, 6.07) is 14.0. The van der Waals surface area contributed by atoms with Gasteiger partial charge in [0.2, 0.25) is 5.91 Å². The quantitative estimate of drug-likeness (QED) is 0.830. The summed E-state index contributed by atoms with van der Waals surface area (Å²) in [5.74, 6) is -0.544. The number of nitrogens with zero attached hydrogens (tertiary/aromatic N) is 1. The molecule has 1 saturated heterocycles. The highest BCUT2D eigenvalue weighted by atomic mass is 16.2. The number of carbonyl (C=O) groups excluding carboxylic acids is 3. The summed E-state index contributed by atoms with van der Waals surface area (Å²) >= 11 is 0. The first-order valence-corrected chi connectivity index (χ1v) is 9.21. The van der Waals surface area contributed by atoms with Gasteiger partial charge in [0, 0.05) is 17.7 Å². The predicted molar refractivity (Wildman–Crippen MR) is 104 cm³/mol. The van der Waals surface area contributed by atoms with Crippen molar-refractivity contribution in [1.82, 2.24) is 10.2 Å². The van der Waals surface area contributed by atoms with Crippen molar-refractivity contribution in [1.29, 1.82) is 0 Å². The summed E-state index contributed by atoms with van der Waals surface area (Å²) in [4.78, 5) is 39.2. The van der Waals surface area contributed by atoms with Gasteiger partial charge in [-0.1, -0.05) is 30.3 Å². The molecule has 5 nitrogen and oxygen atoms in total. The van der Waals surface area contributed by atoms with Crippen LogP contribution in [0.3, 0.4) is 0 Å². The first-order chi connectivity index (χ1) is 13.0. The van der Waals surface area contributed by atoms with E-state index in [0.29, 0.717) is 24.1 Å². The van der Waals surface area contributed by atoms with E-state index in [2.05, 4.69) is 5.32 Å². The van der Waals surface area contributed by atoms with Crippen molar-refractivity contribution in [3.8, 4) is 0 Å². The Hall–Kier alpha value is -2.95. The Kier molecular flexibility index (Phi) is 5.69. The molecule has 1 aliphatic rings. The molecule has 140 valence electrons. The maximum atomic E-state index is 12.9. The van der Waals surface area contributed by atoms with E-state index in [9.17, 15) is 14.4 Å². The first kappa shape index (κ1) is 18.8. The van der Waals surface area contributed by atoms with Crippen molar-refractivity contribution in [2.24, 2.45) is 0 Å². The topological polar surface area (TPSA) is 66.5 Å². The Morgan fingerprint density at radius 2 is 1.74 bits per heavy atom. The number of hydrogen-bond donors (Lipinski definition) is 1. The van der Waals surface area contributed by atoms with Crippen LogP contribution in [-0.2, 0) is 4.79 Å². The highest BCUT2D eigenvalue weighted by Crippen LogP contribution is 2.22. The van der Waals surface area contributed by atoms with E-state index < -0.39 is 6.04 Å². The van der Waals surface area contributed by atoms with Gasteiger partial charge in [-0.2, -0.15) is 0 Å². The fourth-order valence-electron chi connectivity index (χ4n) is 3.37. The van der Waals surface area contributed by atoms with Crippen LogP contribution in [0, 0.1) is 13.8 Å². The molecule has 1 heterocycles. The minimum absolute atomic E-state index is 0.0293. The van der Waals surface area contributed by atoms with Gasteiger partial charge in [0.1, 0.15) is 0 Å². The molecular weight excluding hydrogens is 340 g/mol. The van der Waals surface area contributed by atoms with E-state index in [1.54, 1.807) is 29.2 Å². The second kappa shape index (κ2) is 8.16. The predicted octanol–water partition coefficient (Wildman–Crippen LogP) is 2.91. The van der Waals surface area contributed by atoms with Crippen LogP contribution in [-0.4, -0.2) is 41.6 Å². The van der Waals surface area contributed by atoms with Crippen LogP contribution >= 0.6 is 0 Å². The van der Waals surface area contributed by atoms with Gasteiger partial charge in [-0.15, -0.1) is 0 Å². The lowest BCUT2D eigenvalue weighted by atomic mass is 9.98. The summed E-state index contributed by atoms with van der Waals surface area (Å²) in [7, 11) is 0. The monoisotopic (exact) mass is 364 g/mol. The second-order valence-corrected chi connectivity index (χ2v) is 6.96. The first-order valence-electron chi connectivity index (χ1n) is 9.21. The van der Waals surface area contributed by atoms with Crippen LogP contribution in [0.25, 0.3) is 0 Å². The molecule has 2 amide bonds. The Bertz CT molecular complexity index is 861. The largest absolute Gasteiger partial charge is 0.343 e. The number of aryl methyl sites for hydroxylation is 2. The van der Waals surface area contributed by atoms with Crippen LogP contribution in [0.15, 0.2) is 48.5 Å². The zero-order valence-corrected chi connectivity index (χ0v) is 15.7. The average Bonchev–Trinajstić information content (AvgIpc) is 3.18. The Balaban J connectivity index is 1.64. The number of carbonyl (C=O) groups is 3. The summed E-state index contributed by atoms with van der Waals surface area (Å²) in [6.45, 7) is 4.42. The van der Waals surface area contributed by atoms with Gasteiger partial charge in [-0.05, 0) is 56.0 Å². The van der Waals surface area contributed by atoms with Gasteiger partial charge in [-0.3, -0.25) is 14.4 Å². The fraction of sp³-hybridized carbons (Fsp3) is 0.318. The van der Waals surface area contributed by atoms with Gasteiger partial charge in [0.25, 0.3) is 5.91 Å². The van der Waals surface area contributed by atoms with Gasteiger partial charge < -0.3 is 10.2 Å². The van der Waals surface area contributed by atoms with Crippen LogP contribution < -0.4 is 5.32 Å². The maximum absolute atomic E-state index is 12.9. The summed E-state index contributed by atoms with van der Waals surface area (Å²) < 4.78 is 0. The minimum atomic E-state index is -0.451. The Morgan fingerprint density at radius 3 is 2.44 bits per heavy atom. The molecule has 0 aromatic heterocycles. The molecule has 27 heavy (non-hydrogen) atoms. The van der Waals surface area contributed by atoms with Crippen molar-refractivity contribution in [2.75, 3.05) is 13.1 Å². The van der Waals surface area contributed by atoms with Crippen molar-refractivity contribution in [3.63, 3.8) is 0 Å². The Labute approximate surface area is 159 Å². The van der Waals surface area contributed by atoms with Crippen molar-refractivity contribution in [3.05, 3.63) is 70.8 Å². The molecule has 0 radical (unpaired) electrons. The Morgan fingerprint density at radius 1 is 1.00 bits per heavy atom. The molecule has 1 fully saturated rings.